The standard InChI is InChI=1S/C12H10BrClFNS/c1-6-5-17-12(10(6)14)11(16)7-2-3-9(15)8(13)4-7/h2-5,11H,16H2,1H3. The van der Waals surface area contributed by atoms with E-state index in [1.807, 2.05) is 12.3 Å². The maximum atomic E-state index is 13.1. The second kappa shape index (κ2) is 5.06. The largest absolute Gasteiger partial charge is 0.320 e. The van der Waals surface area contributed by atoms with Crippen molar-refractivity contribution >= 4 is 38.9 Å². The number of halogens is 3. The molecule has 2 N–H and O–H groups in total. The Labute approximate surface area is 117 Å². The second-order valence-electron chi connectivity index (χ2n) is 3.75. The highest BCUT2D eigenvalue weighted by molar-refractivity contribution is 9.10. The molecule has 90 valence electrons. The lowest BCUT2D eigenvalue weighted by molar-refractivity contribution is 0.619. The highest BCUT2D eigenvalue weighted by Gasteiger charge is 2.16. The number of nitrogens with two attached hydrogens (primary N) is 1. The first kappa shape index (κ1) is 13.0. The Morgan fingerprint density at radius 2 is 2.18 bits per heavy atom. The van der Waals surface area contributed by atoms with Crippen LogP contribution in [0.25, 0.3) is 0 Å². The molecule has 0 amide bonds. The van der Waals surface area contributed by atoms with E-state index in [0.717, 1.165) is 16.0 Å². The Hall–Kier alpha value is -0.420. The number of thiophene rings is 1. The van der Waals surface area contributed by atoms with Crippen molar-refractivity contribution in [2.75, 3.05) is 0 Å². The molecule has 1 aromatic heterocycles. The van der Waals surface area contributed by atoms with Gasteiger partial charge in [-0.25, -0.2) is 4.39 Å². The molecule has 0 saturated carbocycles. The molecule has 1 atom stereocenters. The van der Waals surface area contributed by atoms with Crippen molar-refractivity contribution < 1.29 is 4.39 Å². The van der Waals surface area contributed by atoms with Gasteiger partial charge >= 0.3 is 0 Å². The minimum Gasteiger partial charge on any atom is -0.320 e. The van der Waals surface area contributed by atoms with Crippen LogP contribution in [-0.4, -0.2) is 0 Å². The maximum absolute atomic E-state index is 13.1. The van der Waals surface area contributed by atoms with Crippen LogP contribution in [0.15, 0.2) is 28.1 Å². The first-order chi connectivity index (χ1) is 8.00. The van der Waals surface area contributed by atoms with Crippen molar-refractivity contribution in [1.82, 2.24) is 0 Å². The average Bonchev–Trinajstić information content (AvgIpc) is 2.63. The predicted octanol–water partition coefficient (Wildman–Crippen LogP) is 4.66. The van der Waals surface area contributed by atoms with Gasteiger partial charge in [-0.05, 0) is 51.5 Å². The summed E-state index contributed by atoms with van der Waals surface area (Å²) >= 11 is 10.8. The van der Waals surface area contributed by atoms with Gasteiger partial charge in [0.05, 0.1) is 15.5 Å². The molecule has 1 nitrogen and oxygen atoms in total. The van der Waals surface area contributed by atoms with Gasteiger partial charge in [0.15, 0.2) is 0 Å². The van der Waals surface area contributed by atoms with Gasteiger partial charge < -0.3 is 5.73 Å². The summed E-state index contributed by atoms with van der Waals surface area (Å²) in [5, 5.41) is 2.67. The summed E-state index contributed by atoms with van der Waals surface area (Å²) in [5.74, 6) is -0.297. The summed E-state index contributed by atoms with van der Waals surface area (Å²) in [5.41, 5.74) is 7.98. The Morgan fingerprint density at radius 1 is 1.47 bits per heavy atom. The van der Waals surface area contributed by atoms with Gasteiger partial charge in [-0.2, -0.15) is 0 Å². The summed E-state index contributed by atoms with van der Waals surface area (Å²) in [6.45, 7) is 1.94. The zero-order valence-corrected chi connectivity index (χ0v) is 12.2. The average molecular weight is 335 g/mol. The molecule has 0 saturated heterocycles. The number of hydrogen-bond acceptors (Lipinski definition) is 2. The summed E-state index contributed by atoms with van der Waals surface area (Å²) in [6.07, 6.45) is 0. The zero-order chi connectivity index (χ0) is 12.6. The molecule has 0 fully saturated rings. The van der Waals surface area contributed by atoms with E-state index in [4.69, 9.17) is 17.3 Å². The molecule has 0 radical (unpaired) electrons. The van der Waals surface area contributed by atoms with E-state index in [1.54, 1.807) is 12.1 Å². The van der Waals surface area contributed by atoms with Gasteiger partial charge in [-0.1, -0.05) is 17.7 Å². The third kappa shape index (κ3) is 2.55. The Morgan fingerprint density at radius 3 is 2.71 bits per heavy atom. The maximum Gasteiger partial charge on any atom is 0.137 e. The highest BCUT2D eigenvalue weighted by Crippen LogP contribution is 2.35. The van der Waals surface area contributed by atoms with Crippen molar-refractivity contribution in [3.63, 3.8) is 0 Å². The summed E-state index contributed by atoms with van der Waals surface area (Å²) in [6, 6.07) is 4.44. The first-order valence-electron chi connectivity index (χ1n) is 4.94. The smallest absolute Gasteiger partial charge is 0.137 e. The fraction of sp³-hybridized carbons (Fsp3) is 0.167. The van der Waals surface area contributed by atoms with Gasteiger partial charge in [0, 0.05) is 4.88 Å². The van der Waals surface area contributed by atoms with Crippen LogP contribution >= 0.6 is 38.9 Å². The lowest BCUT2D eigenvalue weighted by atomic mass is 10.1. The molecule has 0 aliphatic carbocycles. The van der Waals surface area contributed by atoms with E-state index < -0.39 is 0 Å². The van der Waals surface area contributed by atoms with Crippen molar-refractivity contribution in [1.29, 1.82) is 0 Å². The number of rotatable bonds is 2. The van der Waals surface area contributed by atoms with Crippen LogP contribution in [0.4, 0.5) is 4.39 Å². The SMILES string of the molecule is Cc1csc(C(N)c2ccc(F)c(Br)c2)c1Cl. The van der Waals surface area contributed by atoms with Gasteiger partial charge in [0.1, 0.15) is 5.82 Å². The third-order valence-electron chi connectivity index (χ3n) is 2.51. The first-order valence-corrected chi connectivity index (χ1v) is 6.99. The van der Waals surface area contributed by atoms with Crippen LogP contribution in [0.2, 0.25) is 5.02 Å². The van der Waals surface area contributed by atoms with Crippen molar-refractivity contribution in [3.8, 4) is 0 Å². The monoisotopic (exact) mass is 333 g/mol. The summed E-state index contributed by atoms with van der Waals surface area (Å²) < 4.78 is 13.5. The van der Waals surface area contributed by atoms with Gasteiger partial charge in [0.2, 0.25) is 0 Å². The molecule has 1 heterocycles. The Bertz CT molecular complexity index is 555. The highest BCUT2D eigenvalue weighted by atomic mass is 79.9. The van der Waals surface area contributed by atoms with E-state index in [2.05, 4.69) is 15.9 Å². The topological polar surface area (TPSA) is 26.0 Å². The molecule has 2 aromatic rings. The summed E-state index contributed by atoms with van der Waals surface area (Å²) in [4.78, 5) is 0.905. The fourth-order valence-electron chi connectivity index (χ4n) is 1.52. The van der Waals surface area contributed by atoms with Crippen LogP contribution in [-0.2, 0) is 0 Å². The lowest BCUT2D eigenvalue weighted by Gasteiger charge is -2.11. The van der Waals surface area contributed by atoms with E-state index in [9.17, 15) is 4.39 Å². The van der Waals surface area contributed by atoms with Crippen LogP contribution in [0.1, 0.15) is 22.0 Å². The van der Waals surface area contributed by atoms with E-state index >= 15 is 0 Å². The van der Waals surface area contributed by atoms with E-state index in [1.165, 1.54) is 17.4 Å². The molecule has 5 heteroatoms. The number of benzene rings is 1. The minimum atomic E-state index is -0.321. The molecule has 0 aliphatic heterocycles. The number of hydrogen-bond donors (Lipinski definition) is 1. The van der Waals surface area contributed by atoms with Gasteiger partial charge in [-0.15, -0.1) is 11.3 Å². The van der Waals surface area contributed by atoms with Crippen LogP contribution in [0.5, 0.6) is 0 Å². The lowest BCUT2D eigenvalue weighted by Crippen LogP contribution is -2.10. The second-order valence-corrected chi connectivity index (χ2v) is 5.89. The van der Waals surface area contributed by atoms with Crippen molar-refractivity contribution in [3.05, 3.63) is 54.9 Å². The quantitative estimate of drug-likeness (QED) is 0.849. The Balaban J connectivity index is 2.40. The predicted molar refractivity (Wildman–Crippen MR) is 74.2 cm³/mol. The van der Waals surface area contributed by atoms with Gasteiger partial charge in [0.25, 0.3) is 0 Å². The van der Waals surface area contributed by atoms with Crippen LogP contribution in [0.3, 0.4) is 0 Å². The minimum absolute atomic E-state index is 0.297. The van der Waals surface area contributed by atoms with Crippen molar-refractivity contribution in [2.24, 2.45) is 5.73 Å². The van der Waals surface area contributed by atoms with Crippen molar-refractivity contribution in [2.45, 2.75) is 13.0 Å². The molecule has 17 heavy (non-hydrogen) atoms. The van der Waals surface area contributed by atoms with Crippen LogP contribution in [0, 0.1) is 12.7 Å². The molecule has 0 aliphatic rings. The third-order valence-corrected chi connectivity index (χ3v) is 4.92. The molecular weight excluding hydrogens is 325 g/mol. The molecule has 1 aromatic carbocycles. The molecule has 1 unspecified atom stereocenters. The Kier molecular flexibility index (Phi) is 3.88. The van der Waals surface area contributed by atoms with Gasteiger partial charge in [-0.3, -0.25) is 0 Å². The summed E-state index contributed by atoms with van der Waals surface area (Å²) in [7, 11) is 0. The van der Waals surface area contributed by atoms with E-state index in [0.29, 0.717) is 9.50 Å². The molecule has 0 bridgehead atoms. The van der Waals surface area contributed by atoms with Crippen LogP contribution < -0.4 is 5.73 Å². The normalized spacial score (nSPS) is 12.8. The zero-order valence-electron chi connectivity index (χ0n) is 9.01. The molecule has 0 spiro atoms. The van der Waals surface area contributed by atoms with E-state index in [-0.39, 0.29) is 11.9 Å². The molecular formula is C12H10BrClFNS. The fourth-order valence-corrected chi connectivity index (χ4v) is 3.25. The molecule has 2 rings (SSSR count). The number of aryl methyl sites for hydroxylation is 1.